The van der Waals surface area contributed by atoms with Crippen molar-refractivity contribution < 1.29 is 22.7 Å². The summed E-state index contributed by atoms with van der Waals surface area (Å²) in [6, 6.07) is 8.45. The third-order valence-corrected chi connectivity index (χ3v) is 3.04. The predicted molar refractivity (Wildman–Crippen MR) is 66.6 cm³/mol. The lowest BCUT2D eigenvalue weighted by molar-refractivity contribution is 0.182. The lowest BCUT2D eigenvalue weighted by atomic mass is 10.1. The van der Waals surface area contributed by atoms with Gasteiger partial charge in [-0.3, -0.25) is 0 Å². The highest BCUT2D eigenvalue weighted by molar-refractivity contribution is 5.78. The van der Waals surface area contributed by atoms with Crippen molar-refractivity contribution in [2.45, 2.75) is 6.10 Å². The van der Waals surface area contributed by atoms with Crippen LogP contribution in [0.15, 0.2) is 46.9 Å². The first-order valence-corrected chi connectivity index (χ1v) is 5.87. The Morgan fingerprint density at radius 3 is 2.35 bits per heavy atom. The van der Waals surface area contributed by atoms with Gasteiger partial charge < -0.3 is 9.52 Å². The average molecular weight is 278 g/mol. The van der Waals surface area contributed by atoms with Crippen molar-refractivity contribution in [1.29, 1.82) is 0 Å². The lowest BCUT2D eigenvalue weighted by Crippen LogP contribution is -2.04. The zero-order chi connectivity index (χ0) is 14.3. The van der Waals surface area contributed by atoms with Crippen LogP contribution in [0.2, 0.25) is 0 Å². The molecule has 1 unspecified atom stereocenters. The first kappa shape index (κ1) is 12.7. The number of hydrogen-bond acceptors (Lipinski definition) is 2. The third-order valence-electron chi connectivity index (χ3n) is 3.04. The van der Waals surface area contributed by atoms with Crippen molar-refractivity contribution >= 4 is 11.0 Å². The van der Waals surface area contributed by atoms with E-state index in [9.17, 15) is 18.3 Å². The van der Waals surface area contributed by atoms with Gasteiger partial charge in [0, 0.05) is 5.39 Å². The second kappa shape index (κ2) is 4.68. The molecule has 0 amide bonds. The maximum Gasteiger partial charge on any atom is 0.142 e. The smallest absolute Gasteiger partial charge is 0.142 e. The Kier molecular flexibility index (Phi) is 2.99. The Labute approximate surface area is 112 Å². The summed E-state index contributed by atoms with van der Waals surface area (Å²) in [6.07, 6.45) is -1.59. The minimum Gasteiger partial charge on any atom is -0.458 e. The van der Waals surface area contributed by atoms with Crippen LogP contribution in [0.4, 0.5) is 13.2 Å². The van der Waals surface area contributed by atoms with Crippen LogP contribution in [-0.2, 0) is 0 Å². The van der Waals surface area contributed by atoms with Gasteiger partial charge in [0.1, 0.15) is 34.9 Å². The van der Waals surface area contributed by atoms with Crippen LogP contribution in [-0.4, -0.2) is 5.11 Å². The van der Waals surface area contributed by atoms with E-state index in [0.29, 0.717) is 11.0 Å². The van der Waals surface area contributed by atoms with Gasteiger partial charge in [0.15, 0.2) is 0 Å². The van der Waals surface area contributed by atoms with E-state index in [0.717, 1.165) is 12.1 Å². The maximum atomic E-state index is 13.6. The van der Waals surface area contributed by atoms with E-state index in [2.05, 4.69) is 0 Å². The van der Waals surface area contributed by atoms with Gasteiger partial charge in [0.25, 0.3) is 0 Å². The second-order valence-corrected chi connectivity index (χ2v) is 4.37. The Bertz CT molecular complexity index is 760. The van der Waals surface area contributed by atoms with Crippen LogP contribution in [0.25, 0.3) is 11.0 Å². The van der Waals surface area contributed by atoms with Gasteiger partial charge in [-0.05, 0) is 36.4 Å². The largest absolute Gasteiger partial charge is 0.458 e. The van der Waals surface area contributed by atoms with Crippen LogP contribution in [0.1, 0.15) is 17.4 Å². The summed E-state index contributed by atoms with van der Waals surface area (Å²) < 4.78 is 45.6. The van der Waals surface area contributed by atoms with E-state index in [1.165, 1.54) is 30.3 Å². The summed E-state index contributed by atoms with van der Waals surface area (Å²) in [7, 11) is 0. The van der Waals surface area contributed by atoms with Gasteiger partial charge in [-0.2, -0.15) is 0 Å². The highest BCUT2D eigenvalue weighted by atomic mass is 19.1. The molecule has 1 N–H and O–H groups in total. The minimum atomic E-state index is -1.59. The first-order valence-electron chi connectivity index (χ1n) is 5.87. The fourth-order valence-electron chi connectivity index (χ4n) is 2.08. The Hall–Kier alpha value is -2.27. The standard InChI is InChI=1S/C15H9F3O2/c16-9-4-5-12-8(6-9)7-13(20-12)15(19)14-10(17)2-1-3-11(14)18/h1-7,15,19H. The van der Waals surface area contributed by atoms with E-state index < -0.39 is 29.1 Å². The second-order valence-electron chi connectivity index (χ2n) is 4.37. The molecule has 20 heavy (non-hydrogen) atoms. The Morgan fingerprint density at radius 2 is 1.65 bits per heavy atom. The number of aliphatic hydroxyl groups is 1. The van der Waals surface area contributed by atoms with Crippen LogP contribution >= 0.6 is 0 Å². The van der Waals surface area contributed by atoms with Crippen LogP contribution < -0.4 is 0 Å². The number of fused-ring (bicyclic) bond motifs is 1. The topological polar surface area (TPSA) is 33.4 Å². The van der Waals surface area contributed by atoms with Gasteiger partial charge in [-0.15, -0.1) is 0 Å². The molecule has 0 radical (unpaired) electrons. The average Bonchev–Trinajstić information content (AvgIpc) is 2.81. The molecule has 0 aliphatic carbocycles. The molecule has 102 valence electrons. The first-order chi connectivity index (χ1) is 9.56. The summed E-state index contributed by atoms with van der Waals surface area (Å²) in [5.41, 5.74) is -0.163. The SMILES string of the molecule is OC(c1cc2cc(F)ccc2o1)c1c(F)cccc1F. The van der Waals surface area contributed by atoms with Gasteiger partial charge in [0.05, 0.1) is 5.56 Å². The number of halogens is 3. The molecule has 2 nitrogen and oxygen atoms in total. The molecule has 0 aliphatic heterocycles. The van der Waals surface area contributed by atoms with E-state index in [-0.39, 0.29) is 5.76 Å². The van der Waals surface area contributed by atoms with Crippen molar-refractivity contribution in [2.75, 3.05) is 0 Å². The summed E-state index contributed by atoms with van der Waals surface area (Å²) in [4.78, 5) is 0. The van der Waals surface area contributed by atoms with E-state index in [1.54, 1.807) is 0 Å². The lowest BCUT2D eigenvalue weighted by Gasteiger charge is -2.09. The van der Waals surface area contributed by atoms with Crippen LogP contribution in [0, 0.1) is 17.5 Å². The van der Waals surface area contributed by atoms with Crippen molar-refractivity contribution in [3.8, 4) is 0 Å². The molecule has 3 aromatic rings. The van der Waals surface area contributed by atoms with E-state index >= 15 is 0 Å². The fraction of sp³-hybridized carbons (Fsp3) is 0.0667. The Balaban J connectivity index is 2.10. The van der Waals surface area contributed by atoms with Crippen molar-refractivity contribution in [3.05, 3.63) is 71.2 Å². The van der Waals surface area contributed by atoms with Crippen molar-refractivity contribution in [1.82, 2.24) is 0 Å². The maximum absolute atomic E-state index is 13.6. The molecule has 1 atom stereocenters. The number of aliphatic hydroxyl groups excluding tert-OH is 1. The number of benzene rings is 2. The monoisotopic (exact) mass is 278 g/mol. The molecule has 0 fully saturated rings. The zero-order valence-electron chi connectivity index (χ0n) is 10.1. The summed E-state index contributed by atoms with van der Waals surface area (Å²) in [5, 5.41) is 10.5. The molecule has 0 saturated heterocycles. The van der Waals surface area contributed by atoms with E-state index in [1.807, 2.05) is 0 Å². The highest BCUT2D eigenvalue weighted by Crippen LogP contribution is 2.31. The quantitative estimate of drug-likeness (QED) is 0.770. The number of hydrogen-bond donors (Lipinski definition) is 1. The Morgan fingerprint density at radius 1 is 0.950 bits per heavy atom. The van der Waals surface area contributed by atoms with Gasteiger partial charge >= 0.3 is 0 Å². The van der Waals surface area contributed by atoms with Crippen molar-refractivity contribution in [2.24, 2.45) is 0 Å². The molecule has 0 spiro atoms. The molecule has 0 saturated carbocycles. The van der Waals surface area contributed by atoms with Crippen LogP contribution in [0.3, 0.4) is 0 Å². The molecular formula is C15H9F3O2. The predicted octanol–water partition coefficient (Wildman–Crippen LogP) is 3.93. The molecule has 1 heterocycles. The summed E-state index contributed by atoms with van der Waals surface area (Å²) in [6.45, 7) is 0. The van der Waals surface area contributed by atoms with Gasteiger partial charge in [0.2, 0.25) is 0 Å². The minimum absolute atomic E-state index is 0.0467. The summed E-state index contributed by atoms with van der Waals surface area (Å²) in [5.74, 6) is -2.25. The highest BCUT2D eigenvalue weighted by Gasteiger charge is 2.22. The van der Waals surface area contributed by atoms with Crippen LogP contribution in [0.5, 0.6) is 0 Å². The third kappa shape index (κ3) is 2.06. The summed E-state index contributed by atoms with van der Waals surface area (Å²) >= 11 is 0. The molecule has 1 aromatic heterocycles. The fourth-order valence-corrected chi connectivity index (χ4v) is 2.08. The number of rotatable bonds is 2. The van der Waals surface area contributed by atoms with Gasteiger partial charge in [-0.25, -0.2) is 13.2 Å². The van der Waals surface area contributed by atoms with Crippen molar-refractivity contribution in [3.63, 3.8) is 0 Å². The van der Waals surface area contributed by atoms with E-state index in [4.69, 9.17) is 4.42 Å². The van der Waals surface area contributed by atoms with Gasteiger partial charge in [-0.1, -0.05) is 6.07 Å². The molecule has 0 bridgehead atoms. The number of furan rings is 1. The molecule has 0 aliphatic rings. The molecule has 5 heteroatoms. The zero-order valence-corrected chi connectivity index (χ0v) is 10.1. The molecule has 2 aromatic carbocycles. The molecule has 3 rings (SSSR count). The molecular weight excluding hydrogens is 269 g/mol. The normalized spacial score (nSPS) is 12.8.